The smallest absolute Gasteiger partial charge is 0.231 e. The SMILES string of the molecule is c1cncc(C2OC2c2ccc3c(c2)OCO3)c1. The van der Waals surface area contributed by atoms with E-state index in [1.807, 2.05) is 36.5 Å². The number of pyridine rings is 1. The third-order valence-corrected chi connectivity index (χ3v) is 3.23. The number of benzene rings is 1. The Bertz CT molecular complexity index is 585. The highest BCUT2D eigenvalue weighted by Crippen LogP contribution is 2.52. The number of fused-ring (bicyclic) bond motifs is 1. The molecule has 0 radical (unpaired) electrons. The molecule has 1 saturated heterocycles. The molecule has 4 rings (SSSR count). The van der Waals surface area contributed by atoms with Crippen LogP contribution in [0.5, 0.6) is 11.5 Å². The second-order valence-corrected chi connectivity index (χ2v) is 4.38. The van der Waals surface area contributed by atoms with Gasteiger partial charge in [0.25, 0.3) is 0 Å². The highest BCUT2D eigenvalue weighted by molar-refractivity contribution is 5.46. The maximum Gasteiger partial charge on any atom is 0.231 e. The Morgan fingerprint density at radius 2 is 1.89 bits per heavy atom. The first kappa shape index (κ1) is 9.91. The number of nitrogens with zero attached hydrogens (tertiary/aromatic N) is 1. The van der Waals surface area contributed by atoms with E-state index in [1.54, 1.807) is 6.20 Å². The number of hydrogen-bond donors (Lipinski definition) is 0. The van der Waals surface area contributed by atoms with Crippen molar-refractivity contribution in [3.05, 3.63) is 53.9 Å². The summed E-state index contributed by atoms with van der Waals surface area (Å²) in [4.78, 5) is 4.11. The topological polar surface area (TPSA) is 43.9 Å². The second-order valence-electron chi connectivity index (χ2n) is 4.38. The first-order valence-electron chi connectivity index (χ1n) is 5.87. The van der Waals surface area contributed by atoms with Crippen molar-refractivity contribution in [1.82, 2.24) is 4.98 Å². The van der Waals surface area contributed by atoms with Crippen LogP contribution in [-0.4, -0.2) is 11.8 Å². The maximum atomic E-state index is 5.71. The van der Waals surface area contributed by atoms with Crippen molar-refractivity contribution in [2.24, 2.45) is 0 Å². The molecular weight excluding hydrogens is 230 g/mol. The van der Waals surface area contributed by atoms with Crippen molar-refractivity contribution in [1.29, 1.82) is 0 Å². The van der Waals surface area contributed by atoms with Crippen LogP contribution >= 0.6 is 0 Å². The van der Waals surface area contributed by atoms with Crippen molar-refractivity contribution >= 4 is 0 Å². The molecule has 2 atom stereocenters. The Labute approximate surface area is 104 Å². The Balaban J connectivity index is 1.60. The molecule has 2 aliphatic rings. The lowest BCUT2D eigenvalue weighted by Crippen LogP contribution is -1.92. The van der Waals surface area contributed by atoms with E-state index in [1.165, 1.54) is 0 Å². The normalized spacial score (nSPS) is 24.0. The van der Waals surface area contributed by atoms with Gasteiger partial charge in [-0.05, 0) is 23.8 Å². The fourth-order valence-electron chi connectivity index (χ4n) is 2.25. The predicted molar refractivity (Wildman–Crippen MR) is 63.4 cm³/mol. The molecule has 90 valence electrons. The maximum absolute atomic E-state index is 5.71. The minimum Gasteiger partial charge on any atom is -0.454 e. The molecule has 0 bridgehead atoms. The Morgan fingerprint density at radius 3 is 2.78 bits per heavy atom. The van der Waals surface area contributed by atoms with Crippen LogP contribution < -0.4 is 9.47 Å². The van der Waals surface area contributed by atoms with Gasteiger partial charge in [0.15, 0.2) is 11.5 Å². The molecule has 0 spiro atoms. The van der Waals surface area contributed by atoms with Crippen LogP contribution in [0.1, 0.15) is 23.3 Å². The van der Waals surface area contributed by atoms with Crippen LogP contribution in [0.3, 0.4) is 0 Å². The number of aromatic nitrogens is 1. The average Bonchev–Trinajstić information content (AvgIpc) is 3.10. The van der Waals surface area contributed by atoms with Crippen molar-refractivity contribution in [2.75, 3.05) is 6.79 Å². The summed E-state index contributed by atoms with van der Waals surface area (Å²) in [5.74, 6) is 1.60. The van der Waals surface area contributed by atoms with E-state index in [-0.39, 0.29) is 12.2 Å². The first-order chi connectivity index (χ1) is 8.92. The standard InChI is InChI=1S/C14H11NO3/c1-2-10(7-15-5-1)14-13(18-14)9-3-4-11-12(6-9)17-8-16-11/h1-7,13-14H,8H2. The number of ether oxygens (including phenoxy) is 3. The third-order valence-electron chi connectivity index (χ3n) is 3.23. The quantitative estimate of drug-likeness (QED) is 0.758. The van der Waals surface area contributed by atoms with Gasteiger partial charge in [-0.1, -0.05) is 12.1 Å². The van der Waals surface area contributed by atoms with Gasteiger partial charge in [-0.3, -0.25) is 4.98 Å². The van der Waals surface area contributed by atoms with Crippen molar-refractivity contribution < 1.29 is 14.2 Å². The molecule has 0 aliphatic carbocycles. The second kappa shape index (κ2) is 3.71. The fourth-order valence-corrected chi connectivity index (χ4v) is 2.25. The van der Waals surface area contributed by atoms with Crippen LogP contribution in [0.25, 0.3) is 0 Å². The molecule has 2 unspecified atom stereocenters. The molecule has 1 aromatic carbocycles. The number of epoxide rings is 1. The van der Waals surface area contributed by atoms with Crippen molar-refractivity contribution in [3.63, 3.8) is 0 Å². The van der Waals surface area contributed by atoms with Gasteiger partial charge in [0, 0.05) is 18.0 Å². The summed E-state index contributed by atoms with van der Waals surface area (Å²) in [6.07, 6.45) is 3.82. The van der Waals surface area contributed by atoms with Crippen LogP contribution in [0.2, 0.25) is 0 Å². The molecule has 1 fully saturated rings. The van der Waals surface area contributed by atoms with Gasteiger partial charge in [0.1, 0.15) is 12.2 Å². The molecule has 1 aromatic heterocycles. The molecule has 0 saturated carbocycles. The number of hydrogen-bond acceptors (Lipinski definition) is 4. The van der Waals surface area contributed by atoms with E-state index >= 15 is 0 Å². The molecule has 0 amide bonds. The molecule has 3 heterocycles. The molecule has 4 heteroatoms. The Morgan fingerprint density at radius 1 is 1.00 bits per heavy atom. The molecule has 0 N–H and O–H groups in total. The third kappa shape index (κ3) is 1.54. The van der Waals surface area contributed by atoms with Crippen LogP contribution in [0.4, 0.5) is 0 Å². The van der Waals surface area contributed by atoms with Crippen LogP contribution in [0.15, 0.2) is 42.7 Å². The molecule has 2 aromatic rings. The largest absolute Gasteiger partial charge is 0.454 e. The zero-order valence-corrected chi connectivity index (χ0v) is 9.58. The van der Waals surface area contributed by atoms with E-state index in [2.05, 4.69) is 4.98 Å². The van der Waals surface area contributed by atoms with Gasteiger partial charge in [-0.2, -0.15) is 0 Å². The van der Waals surface area contributed by atoms with E-state index in [0.717, 1.165) is 22.6 Å². The number of rotatable bonds is 2. The minimum atomic E-state index is 0.101. The fraction of sp³-hybridized carbons (Fsp3) is 0.214. The minimum absolute atomic E-state index is 0.101. The van der Waals surface area contributed by atoms with Gasteiger partial charge in [0.2, 0.25) is 6.79 Å². The molecule has 2 aliphatic heterocycles. The van der Waals surface area contributed by atoms with E-state index < -0.39 is 0 Å². The summed E-state index contributed by atoms with van der Waals surface area (Å²) in [7, 11) is 0. The van der Waals surface area contributed by atoms with E-state index in [0.29, 0.717) is 6.79 Å². The molecule has 4 nitrogen and oxygen atoms in total. The summed E-state index contributed by atoms with van der Waals surface area (Å²) in [5.41, 5.74) is 2.23. The van der Waals surface area contributed by atoms with Gasteiger partial charge in [0.05, 0.1) is 0 Å². The Kier molecular flexibility index (Phi) is 2.04. The van der Waals surface area contributed by atoms with Gasteiger partial charge in [-0.15, -0.1) is 0 Å². The van der Waals surface area contributed by atoms with Gasteiger partial charge < -0.3 is 14.2 Å². The van der Waals surface area contributed by atoms with Crippen molar-refractivity contribution in [2.45, 2.75) is 12.2 Å². The summed E-state index contributed by atoms with van der Waals surface area (Å²) in [6.45, 7) is 0.302. The van der Waals surface area contributed by atoms with Gasteiger partial charge in [-0.25, -0.2) is 0 Å². The van der Waals surface area contributed by atoms with Crippen LogP contribution in [-0.2, 0) is 4.74 Å². The lowest BCUT2D eigenvalue weighted by Gasteiger charge is -1.99. The molecular formula is C14H11NO3. The summed E-state index contributed by atoms with van der Waals surface area (Å²) >= 11 is 0. The first-order valence-corrected chi connectivity index (χ1v) is 5.87. The van der Waals surface area contributed by atoms with E-state index in [4.69, 9.17) is 14.2 Å². The zero-order chi connectivity index (χ0) is 11.9. The lowest BCUT2D eigenvalue weighted by atomic mass is 10.1. The monoisotopic (exact) mass is 241 g/mol. The highest BCUT2D eigenvalue weighted by atomic mass is 16.7. The predicted octanol–water partition coefficient (Wildman–Crippen LogP) is 2.62. The van der Waals surface area contributed by atoms with Crippen LogP contribution in [0, 0.1) is 0 Å². The van der Waals surface area contributed by atoms with E-state index in [9.17, 15) is 0 Å². The molecule has 18 heavy (non-hydrogen) atoms. The lowest BCUT2D eigenvalue weighted by molar-refractivity contribution is 0.174. The van der Waals surface area contributed by atoms with Gasteiger partial charge >= 0.3 is 0 Å². The summed E-state index contributed by atoms with van der Waals surface area (Å²) < 4.78 is 16.4. The summed E-state index contributed by atoms with van der Waals surface area (Å²) in [5, 5.41) is 0. The highest BCUT2D eigenvalue weighted by Gasteiger charge is 2.42. The average molecular weight is 241 g/mol. The summed E-state index contributed by atoms with van der Waals surface area (Å²) in [6, 6.07) is 9.90. The van der Waals surface area contributed by atoms with Crippen molar-refractivity contribution in [3.8, 4) is 11.5 Å². The zero-order valence-electron chi connectivity index (χ0n) is 9.58. The Hall–Kier alpha value is -2.07.